The number of carbonyl (C=O) groups excluding carboxylic acids is 3. The average molecular weight is 476 g/mol. The molecule has 0 aromatic carbocycles. The van der Waals surface area contributed by atoms with E-state index in [-0.39, 0.29) is 38.2 Å². The molecule has 15 heteroatoms. The molecule has 0 radical (unpaired) electrons. The molecule has 0 saturated carbocycles. The standard InChI is InChI=1S/C18H33N7O8/c1-8(17(32)33)23-15(30)11(4-3-7-22-18(20)21)24-16(31)13(9(2)26)25-14(29)10(19)5-6-12(27)28/h8-11,13,26H,3-7,19H2,1-2H3,(H,23,30)(H,24,31)(H,25,29)(H,27,28)(H,32,33)(H4,20,21,22). The van der Waals surface area contributed by atoms with Crippen molar-refractivity contribution < 1.29 is 39.3 Å². The van der Waals surface area contributed by atoms with Gasteiger partial charge in [-0.3, -0.25) is 29.0 Å². The Hall–Kier alpha value is -3.46. The number of carboxylic acids is 2. The number of nitrogens with one attached hydrogen (secondary N) is 3. The lowest BCUT2D eigenvalue weighted by Crippen LogP contribution is -2.59. The molecule has 0 fully saturated rings. The Labute approximate surface area is 190 Å². The number of carbonyl (C=O) groups is 5. The van der Waals surface area contributed by atoms with Crippen LogP contribution in [0.15, 0.2) is 4.99 Å². The minimum atomic E-state index is -1.52. The van der Waals surface area contributed by atoms with Crippen molar-refractivity contribution in [2.24, 2.45) is 22.2 Å². The van der Waals surface area contributed by atoms with E-state index in [1.165, 1.54) is 13.8 Å². The van der Waals surface area contributed by atoms with Gasteiger partial charge in [0.05, 0.1) is 12.1 Å². The second-order valence-electron chi connectivity index (χ2n) is 7.34. The maximum Gasteiger partial charge on any atom is 0.325 e. The molecule has 12 N–H and O–H groups in total. The van der Waals surface area contributed by atoms with Crippen LogP contribution in [-0.4, -0.2) is 87.8 Å². The summed E-state index contributed by atoms with van der Waals surface area (Å²) in [6.07, 6.45) is -1.72. The summed E-state index contributed by atoms with van der Waals surface area (Å²) in [5, 5.41) is 34.4. The summed E-state index contributed by atoms with van der Waals surface area (Å²) < 4.78 is 0. The number of hydrogen-bond acceptors (Lipinski definition) is 8. The van der Waals surface area contributed by atoms with E-state index in [0.29, 0.717) is 0 Å². The SMILES string of the molecule is CC(NC(=O)C(CCCN=C(N)N)NC(=O)C(NC(=O)C(N)CCC(=O)O)C(C)O)C(=O)O. The highest BCUT2D eigenvalue weighted by molar-refractivity contribution is 5.94. The second kappa shape index (κ2) is 14.6. The van der Waals surface area contributed by atoms with Crippen LogP contribution < -0.4 is 33.2 Å². The highest BCUT2D eigenvalue weighted by Crippen LogP contribution is 2.04. The Balaban J connectivity index is 5.34. The van der Waals surface area contributed by atoms with Crippen molar-refractivity contribution in [1.29, 1.82) is 0 Å². The van der Waals surface area contributed by atoms with E-state index >= 15 is 0 Å². The van der Waals surface area contributed by atoms with Crippen LogP contribution in [0.3, 0.4) is 0 Å². The van der Waals surface area contributed by atoms with Gasteiger partial charge in [-0.05, 0) is 33.1 Å². The number of aliphatic hydroxyl groups excluding tert-OH is 1. The van der Waals surface area contributed by atoms with Gasteiger partial charge in [0, 0.05) is 13.0 Å². The van der Waals surface area contributed by atoms with E-state index in [2.05, 4.69) is 20.9 Å². The fraction of sp³-hybridized carbons (Fsp3) is 0.667. The number of nitrogens with zero attached hydrogens (tertiary/aromatic N) is 1. The Bertz CT molecular complexity index is 739. The molecule has 0 saturated heterocycles. The van der Waals surface area contributed by atoms with Gasteiger partial charge < -0.3 is 48.5 Å². The fourth-order valence-corrected chi connectivity index (χ4v) is 2.49. The largest absolute Gasteiger partial charge is 0.481 e. The molecule has 0 aromatic rings. The summed E-state index contributed by atoms with van der Waals surface area (Å²) in [6, 6.07) is -5.23. The van der Waals surface area contributed by atoms with Crippen molar-refractivity contribution in [2.45, 2.75) is 69.8 Å². The van der Waals surface area contributed by atoms with E-state index in [0.717, 1.165) is 0 Å². The maximum absolute atomic E-state index is 12.7. The summed E-state index contributed by atoms with van der Waals surface area (Å²) in [5.41, 5.74) is 16.1. The van der Waals surface area contributed by atoms with Crippen molar-refractivity contribution in [3.8, 4) is 0 Å². The molecule has 5 atom stereocenters. The third-order valence-corrected chi connectivity index (χ3v) is 4.38. The minimum absolute atomic E-state index is 0.0132. The first-order valence-electron chi connectivity index (χ1n) is 10.1. The van der Waals surface area contributed by atoms with Gasteiger partial charge in [0.1, 0.15) is 18.1 Å². The number of aliphatic carboxylic acids is 2. The third kappa shape index (κ3) is 12.2. The lowest BCUT2D eigenvalue weighted by atomic mass is 10.1. The molecule has 5 unspecified atom stereocenters. The molecule has 0 spiro atoms. The number of guanidine groups is 1. The van der Waals surface area contributed by atoms with Crippen LogP contribution >= 0.6 is 0 Å². The van der Waals surface area contributed by atoms with Crippen molar-refractivity contribution in [3.63, 3.8) is 0 Å². The molecule has 0 aromatic heterocycles. The van der Waals surface area contributed by atoms with Gasteiger partial charge in [-0.1, -0.05) is 0 Å². The molecule has 0 rings (SSSR count). The molecule has 0 aliphatic heterocycles. The zero-order chi connectivity index (χ0) is 25.7. The Morgan fingerprint density at radius 3 is 2.00 bits per heavy atom. The van der Waals surface area contributed by atoms with Crippen LogP contribution in [0.25, 0.3) is 0 Å². The van der Waals surface area contributed by atoms with Crippen molar-refractivity contribution in [1.82, 2.24) is 16.0 Å². The highest BCUT2D eigenvalue weighted by atomic mass is 16.4. The molecular formula is C18H33N7O8. The average Bonchev–Trinajstić information content (AvgIpc) is 2.71. The molecule has 33 heavy (non-hydrogen) atoms. The van der Waals surface area contributed by atoms with Crippen molar-refractivity contribution in [2.75, 3.05) is 6.54 Å². The highest BCUT2D eigenvalue weighted by Gasteiger charge is 2.31. The molecule has 0 bridgehead atoms. The third-order valence-electron chi connectivity index (χ3n) is 4.38. The van der Waals surface area contributed by atoms with Gasteiger partial charge in [-0.25, -0.2) is 0 Å². The smallest absolute Gasteiger partial charge is 0.325 e. The first kappa shape index (κ1) is 29.5. The number of carboxylic acid groups (broad SMARTS) is 2. The molecule has 0 heterocycles. The monoisotopic (exact) mass is 475 g/mol. The van der Waals surface area contributed by atoms with Crippen LogP contribution in [0, 0.1) is 0 Å². The van der Waals surface area contributed by atoms with Crippen LogP contribution in [0.4, 0.5) is 0 Å². The molecule has 3 amide bonds. The Morgan fingerprint density at radius 1 is 0.909 bits per heavy atom. The lowest BCUT2D eigenvalue weighted by molar-refractivity contribution is -0.142. The first-order valence-corrected chi connectivity index (χ1v) is 10.1. The van der Waals surface area contributed by atoms with Crippen LogP contribution in [0.2, 0.25) is 0 Å². The van der Waals surface area contributed by atoms with Crippen LogP contribution in [0.1, 0.15) is 39.5 Å². The lowest BCUT2D eigenvalue weighted by Gasteiger charge is -2.26. The summed E-state index contributed by atoms with van der Waals surface area (Å²) in [5.74, 6) is -5.24. The first-order chi connectivity index (χ1) is 15.3. The summed E-state index contributed by atoms with van der Waals surface area (Å²) in [7, 11) is 0. The fourth-order valence-electron chi connectivity index (χ4n) is 2.49. The normalized spacial score (nSPS) is 15.2. The van der Waals surface area contributed by atoms with Gasteiger partial charge in [-0.2, -0.15) is 0 Å². The van der Waals surface area contributed by atoms with Crippen LogP contribution in [-0.2, 0) is 24.0 Å². The number of nitrogens with two attached hydrogens (primary N) is 3. The number of hydrogen-bond donors (Lipinski definition) is 9. The van der Waals surface area contributed by atoms with Gasteiger partial charge in [-0.15, -0.1) is 0 Å². The molecule has 0 aliphatic rings. The van der Waals surface area contributed by atoms with E-state index in [1.807, 2.05) is 0 Å². The zero-order valence-electron chi connectivity index (χ0n) is 18.5. The van der Waals surface area contributed by atoms with E-state index in [1.54, 1.807) is 0 Å². The second-order valence-corrected chi connectivity index (χ2v) is 7.34. The predicted molar refractivity (Wildman–Crippen MR) is 116 cm³/mol. The Morgan fingerprint density at radius 2 is 1.52 bits per heavy atom. The van der Waals surface area contributed by atoms with Gasteiger partial charge in [0.2, 0.25) is 17.7 Å². The predicted octanol–water partition coefficient (Wildman–Crippen LogP) is -3.83. The van der Waals surface area contributed by atoms with E-state index < -0.39 is 59.9 Å². The zero-order valence-corrected chi connectivity index (χ0v) is 18.5. The van der Waals surface area contributed by atoms with Crippen molar-refractivity contribution >= 4 is 35.6 Å². The van der Waals surface area contributed by atoms with Crippen molar-refractivity contribution in [3.05, 3.63) is 0 Å². The number of aliphatic imine (C=N–C) groups is 1. The number of aliphatic hydroxyl groups is 1. The van der Waals surface area contributed by atoms with Gasteiger partial charge in [0.25, 0.3) is 0 Å². The quantitative estimate of drug-likeness (QED) is 0.0628. The molecule has 0 aliphatic carbocycles. The van der Waals surface area contributed by atoms with Gasteiger partial charge in [0.15, 0.2) is 5.96 Å². The minimum Gasteiger partial charge on any atom is -0.481 e. The van der Waals surface area contributed by atoms with E-state index in [9.17, 15) is 29.1 Å². The number of amides is 3. The maximum atomic E-state index is 12.7. The Kier molecular flexibility index (Phi) is 13.0. The summed E-state index contributed by atoms with van der Waals surface area (Å²) in [6.45, 7) is 2.58. The van der Waals surface area contributed by atoms with Gasteiger partial charge >= 0.3 is 11.9 Å². The summed E-state index contributed by atoms with van der Waals surface area (Å²) >= 11 is 0. The van der Waals surface area contributed by atoms with Crippen LogP contribution in [0.5, 0.6) is 0 Å². The topological polar surface area (TPSA) is 273 Å². The molecular weight excluding hydrogens is 442 g/mol. The molecule has 188 valence electrons. The number of rotatable bonds is 15. The summed E-state index contributed by atoms with van der Waals surface area (Å²) in [4.78, 5) is 62.8. The molecule has 15 nitrogen and oxygen atoms in total. The van der Waals surface area contributed by atoms with E-state index in [4.69, 9.17) is 27.4 Å².